The van der Waals surface area contributed by atoms with Crippen molar-refractivity contribution in [1.29, 1.82) is 0 Å². The molecule has 0 bridgehead atoms. The van der Waals surface area contributed by atoms with Crippen LogP contribution < -0.4 is 0 Å². The molecule has 25 heavy (non-hydrogen) atoms. The van der Waals surface area contributed by atoms with E-state index in [0.29, 0.717) is 0 Å². The van der Waals surface area contributed by atoms with E-state index in [0.717, 1.165) is 0 Å². The van der Waals surface area contributed by atoms with Crippen molar-refractivity contribution in [2.24, 2.45) is 10.8 Å². The van der Waals surface area contributed by atoms with Crippen molar-refractivity contribution < 1.29 is 64.1 Å². The molecule has 0 aliphatic rings. The number of ether oxygens (including phenoxy) is 1. The van der Waals surface area contributed by atoms with Crippen LogP contribution in [0.4, 0.5) is 0 Å². The third kappa shape index (κ3) is 9.50. The van der Waals surface area contributed by atoms with Crippen LogP contribution in [0.1, 0.15) is 0 Å². The summed E-state index contributed by atoms with van der Waals surface area (Å²) in [5, 5.41) is 54.2. The van der Waals surface area contributed by atoms with Crippen LogP contribution in [-0.2, 0) is 13.9 Å². The maximum absolute atomic E-state index is 9.58. The fourth-order valence-corrected chi connectivity index (χ4v) is 1.06. The summed E-state index contributed by atoms with van der Waals surface area (Å²) in [5.41, 5.74) is -2.32. The fraction of sp³-hybridized carbons (Fsp3) is 1.00. The molecule has 0 saturated heterocycles. The minimum atomic E-state index is -5.18. The van der Waals surface area contributed by atoms with E-state index in [-0.39, 0.29) is 13.2 Å². The van der Waals surface area contributed by atoms with E-state index in [2.05, 4.69) is 0 Å². The molecule has 15 heteroatoms. The van der Waals surface area contributed by atoms with Crippen molar-refractivity contribution in [2.45, 2.75) is 0 Å². The molecular weight excluding hydrogens is 390 g/mol. The van der Waals surface area contributed by atoms with E-state index in [9.17, 15) is 9.13 Å². The van der Waals surface area contributed by atoms with Gasteiger partial charge in [0.1, 0.15) is 0 Å². The number of aliphatic hydroxyl groups is 6. The molecule has 0 heterocycles. The molecule has 0 aliphatic heterocycles. The molecule has 0 aromatic heterocycles. The van der Waals surface area contributed by atoms with Crippen LogP contribution in [0.2, 0.25) is 0 Å². The third-order valence-corrected chi connectivity index (χ3v) is 5.88. The Morgan fingerprint density at radius 2 is 0.760 bits per heavy atom. The molecule has 0 aromatic carbocycles. The molecule has 0 amide bonds. The Balaban J connectivity index is 0. The van der Waals surface area contributed by atoms with Crippen LogP contribution in [0.3, 0.4) is 0 Å². The summed E-state index contributed by atoms with van der Waals surface area (Å²) < 4.78 is 24.3. The summed E-state index contributed by atoms with van der Waals surface area (Å²) >= 11 is 0. The minimum Gasteiger partial charge on any atom is -0.396 e. The second kappa shape index (κ2) is 11.7. The van der Waals surface area contributed by atoms with Gasteiger partial charge in [0.15, 0.2) is 0 Å². The normalized spacial score (nSPS) is 13.4. The van der Waals surface area contributed by atoms with Crippen LogP contribution in [-0.4, -0.2) is 103 Å². The summed E-state index contributed by atoms with van der Waals surface area (Å²) in [6.07, 6.45) is 0. The summed E-state index contributed by atoms with van der Waals surface area (Å²) in [4.78, 5) is 30.8. The fourth-order valence-electron chi connectivity index (χ4n) is 1.06. The zero-order valence-corrected chi connectivity index (χ0v) is 15.0. The predicted octanol–water partition coefficient (Wildman–Crippen LogP) is -3.81. The maximum atomic E-state index is 9.58. The molecule has 0 fully saturated rings. The summed E-state index contributed by atoms with van der Waals surface area (Å²) in [6, 6.07) is 0. The first kappa shape index (κ1) is 27.2. The zero-order valence-electron chi connectivity index (χ0n) is 13.2. The average Bonchev–Trinajstić information content (AvgIpc) is 2.55. The Bertz CT molecular complexity index is 380. The summed E-state index contributed by atoms with van der Waals surface area (Å²) in [7, 11) is -10.4. The summed E-state index contributed by atoms with van der Waals surface area (Å²) in [6.45, 7) is -3.01. The molecule has 0 spiro atoms. The van der Waals surface area contributed by atoms with Gasteiger partial charge in [0.05, 0.1) is 63.7 Å². The van der Waals surface area contributed by atoms with Gasteiger partial charge in [-0.3, -0.25) is 0 Å². The van der Waals surface area contributed by atoms with Gasteiger partial charge in [-0.2, -0.15) is 0 Å². The molecule has 0 unspecified atom stereocenters. The van der Waals surface area contributed by atoms with Crippen molar-refractivity contribution in [3.05, 3.63) is 0 Å². The Kier molecular flexibility index (Phi) is 12.7. The lowest BCUT2D eigenvalue weighted by Gasteiger charge is -2.31. The van der Waals surface area contributed by atoms with Gasteiger partial charge >= 0.3 is 14.6 Å². The number of rotatable bonds is 11. The van der Waals surface area contributed by atoms with E-state index >= 15 is 0 Å². The molecular formula is C10H26O13P2. The van der Waals surface area contributed by atoms with Gasteiger partial charge in [0, 0.05) is 0 Å². The molecule has 0 saturated carbocycles. The molecule has 0 aliphatic carbocycles. The van der Waals surface area contributed by atoms with Gasteiger partial charge < -0.3 is 54.9 Å². The molecule has 154 valence electrons. The first-order chi connectivity index (χ1) is 11.3. The molecule has 0 atom stereocenters. The van der Waals surface area contributed by atoms with Crippen LogP contribution in [0.15, 0.2) is 0 Å². The van der Waals surface area contributed by atoms with E-state index in [1.807, 2.05) is 0 Å². The SMILES string of the molecule is O=P(O)(O)P(=O)(O)O.OCC(CO)(CO)COCC(CO)(CO)CO. The lowest BCUT2D eigenvalue weighted by atomic mass is 9.91. The van der Waals surface area contributed by atoms with Crippen LogP contribution in [0.5, 0.6) is 0 Å². The number of hydrogen-bond donors (Lipinski definition) is 10. The van der Waals surface area contributed by atoms with E-state index < -0.39 is 65.0 Å². The van der Waals surface area contributed by atoms with Gasteiger partial charge in [-0.25, -0.2) is 9.13 Å². The van der Waals surface area contributed by atoms with Crippen LogP contribution in [0.25, 0.3) is 0 Å². The van der Waals surface area contributed by atoms with Crippen LogP contribution in [0, 0.1) is 10.8 Å². The van der Waals surface area contributed by atoms with Crippen molar-refractivity contribution >= 4 is 14.6 Å². The second-order valence-corrected chi connectivity index (χ2v) is 10.6. The van der Waals surface area contributed by atoms with E-state index in [4.69, 9.17) is 54.9 Å². The van der Waals surface area contributed by atoms with Crippen LogP contribution >= 0.6 is 14.6 Å². The molecule has 10 N–H and O–H groups in total. The maximum Gasteiger partial charge on any atom is 0.435 e. The first-order valence-corrected chi connectivity index (χ1v) is 10.6. The third-order valence-electron chi connectivity index (χ3n) is 3.17. The number of aliphatic hydroxyl groups excluding tert-OH is 6. The Morgan fingerprint density at radius 1 is 0.560 bits per heavy atom. The first-order valence-electron chi connectivity index (χ1n) is 6.67. The highest BCUT2D eigenvalue weighted by Crippen LogP contribution is 2.71. The average molecular weight is 416 g/mol. The lowest BCUT2D eigenvalue weighted by Crippen LogP contribution is -2.43. The smallest absolute Gasteiger partial charge is 0.396 e. The van der Waals surface area contributed by atoms with Crippen molar-refractivity contribution in [2.75, 3.05) is 52.9 Å². The zero-order chi connectivity index (χ0) is 20.4. The van der Waals surface area contributed by atoms with Crippen molar-refractivity contribution in [1.82, 2.24) is 0 Å². The topological polar surface area (TPSA) is 246 Å². The predicted molar refractivity (Wildman–Crippen MR) is 82.3 cm³/mol. The Hall–Kier alpha value is 0.0200. The number of hydrogen-bond acceptors (Lipinski definition) is 9. The van der Waals surface area contributed by atoms with E-state index in [1.54, 1.807) is 0 Å². The van der Waals surface area contributed by atoms with Crippen molar-refractivity contribution in [3.63, 3.8) is 0 Å². The lowest BCUT2D eigenvalue weighted by molar-refractivity contribution is -0.103. The molecule has 0 aromatic rings. The molecule has 0 rings (SSSR count). The van der Waals surface area contributed by atoms with Crippen molar-refractivity contribution in [3.8, 4) is 0 Å². The Morgan fingerprint density at radius 3 is 0.880 bits per heavy atom. The quantitative estimate of drug-likeness (QED) is 0.145. The highest BCUT2D eigenvalue weighted by molar-refractivity contribution is 8.26. The minimum absolute atomic E-state index is 0.141. The van der Waals surface area contributed by atoms with Gasteiger partial charge in [0.2, 0.25) is 0 Å². The van der Waals surface area contributed by atoms with Gasteiger partial charge in [0.25, 0.3) is 0 Å². The standard InChI is InChI=1S/C10H22O7.H4O6P2/c11-1-9(2-12,3-13)7-17-8-10(4-14,5-15)6-16;1-7(2,3)8(4,5)6/h11-16H,1-8H2;(H2,1,2,3)(H2,4,5,6). The second-order valence-electron chi connectivity index (χ2n) is 5.47. The highest BCUT2D eigenvalue weighted by Gasteiger charge is 2.38. The monoisotopic (exact) mass is 416 g/mol. The molecule has 0 radical (unpaired) electrons. The Labute approximate surface area is 143 Å². The largest absolute Gasteiger partial charge is 0.435 e. The van der Waals surface area contributed by atoms with E-state index in [1.165, 1.54) is 0 Å². The van der Waals surface area contributed by atoms with Gasteiger partial charge in [-0.1, -0.05) is 0 Å². The van der Waals surface area contributed by atoms with Gasteiger partial charge in [-0.15, -0.1) is 0 Å². The van der Waals surface area contributed by atoms with Gasteiger partial charge in [-0.05, 0) is 0 Å². The summed E-state index contributed by atoms with van der Waals surface area (Å²) in [5.74, 6) is 0. The molecule has 13 nitrogen and oxygen atoms in total. The highest BCUT2D eigenvalue weighted by atomic mass is 32.1.